The van der Waals surface area contributed by atoms with Gasteiger partial charge in [0.15, 0.2) is 0 Å². The molecule has 0 aromatic heterocycles. The normalized spacial score (nSPS) is 15.4. The molecular weight excluding hydrogens is 278 g/mol. The van der Waals surface area contributed by atoms with Gasteiger partial charge in [0.2, 0.25) is 0 Å². The van der Waals surface area contributed by atoms with E-state index < -0.39 is 7.82 Å². The smallest absolute Gasteiger partial charge is 0.285 e. The molecule has 7 heteroatoms. The first-order chi connectivity index (χ1) is 6.68. The van der Waals surface area contributed by atoms with Crippen LogP contribution in [0.4, 0.5) is 4.53 Å². The lowest BCUT2D eigenvalue weighted by molar-refractivity contribution is -0.0426. The summed E-state index contributed by atoms with van der Waals surface area (Å²) >= 11 is 2.37. The van der Waals surface area contributed by atoms with Gasteiger partial charge in [-0.15, -0.1) is 0 Å². The van der Waals surface area contributed by atoms with Crippen LogP contribution in [0.1, 0.15) is 39.0 Å². The minimum Gasteiger partial charge on any atom is -0.285 e. The lowest BCUT2D eigenvalue weighted by Gasteiger charge is -2.08. The summed E-state index contributed by atoms with van der Waals surface area (Å²) in [5.74, 6) is 0. The Bertz CT molecular complexity index is 173. The Balaban J connectivity index is 3.39. The summed E-state index contributed by atoms with van der Waals surface area (Å²) in [6.07, 6.45) is 5.08. The quantitative estimate of drug-likeness (QED) is 0.469. The summed E-state index contributed by atoms with van der Waals surface area (Å²) in [6, 6.07) is 0. The van der Waals surface area contributed by atoms with E-state index in [9.17, 15) is 9.09 Å². The topological polar surface area (TPSA) is 44.8 Å². The van der Waals surface area contributed by atoms with Crippen molar-refractivity contribution in [2.24, 2.45) is 0 Å². The predicted octanol–water partition coefficient (Wildman–Crippen LogP) is 4.31. The van der Waals surface area contributed by atoms with Crippen molar-refractivity contribution in [1.82, 2.24) is 0 Å². The van der Waals surface area contributed by atoms with Gasteiger partial charge >= 0.3 is 7.82 Å². The second-order valence-corrected chi connectivity index (χ2v) is 5.13. The van der Waals surface area contributed by atoms with E-state index in [0.717, 1.165) is 25.7 Å². The fraction of sp³-hybridized carbons (Fsp3) is 1.00. The van der Waals surface area contributed by atoms with Gasteiger partial charge in [-0.3, -0.25) is 4.52 Å². The van der Waals surface area contributed by atoms with Crippen molar-refractivity contribution in [1.29, 1.82) is 0 Å². The lowest BCUT2D eigenvalue weighted by atomic mass is 10.2. The number of hydrogen-bond acceptors (Lipinski definition) is 4. The fourth-order valence-electron chi connectivity index (χ4n) is 0.932. The van der Waals surface area contributed by atoms with Crippen LogP contribution in [0.15, 0.2) is 0 Å². The third-order valence-corrected chi connectivity index (χ3v) is 3.57. The van der Waals surface area contributed by atoms with E-state index >= 15 is 0 Å². The van der Waals surface area contributed by atoms with Gasteiger partial charge in [0, 0.05) is 0 Å². The number of hydrogen-bond donors (Lipinski definition) is 0. The van der Waals surface area contributed by atoms with Crippen molar-refractivity contribution < 1.29 is 22.0 Å². The number of halogens is 2. The van der Waals surface area contributed by atoms with Crippen molar-refractivity contribution in [3.05, 3.63) is 0 Å². The van der Waals surface area contributed by atoms with Crippen LogP contribution in [0.3, 0.4) is 0 Å². The summed E-state index contributed by atoms with van der Waals surface area (Å²) in [6.45, 7) is 2.27. The number of phosphoric acid groups is 1. The van der Waals surface area contributed by atoms with Crippen LogP contribution in [-0.4, -0.2) is 6.61 Å². The van der Waals surface area contributed by atoms with Crippen LogP contribution in [0.25, 0.3) is 0 Å². The number of unbranched alkanes of at least 4 members (excludes halogenated alkanes) is 4. The highest BCUT2D eigenvalue weighted by Crippen LogP contribution is 2.51. The number of rotatable bonds is 9. The Morgan fingerprint density at radius 3 is 2.43 bits per heavy atom. The molecule has 0 spiro atoms. The molecular formula is C7H15BrFO4P. The summed E-state index contributed by atoms with van der Waals surface area (Å²) in [5, 5.41) is 0. The van der Waals surface area contributed by atoms with Crippen molar-refractivity contribution >= 4 is 24.1 Å². The largest absolute Gasteiger partial charge is 0.517 e. The van der Waals surface area contributed by atoms with E-state index in [1.807, 2.05) is 0 Å². The van der Waals surface area contributed by atoms with Crippen molar-refractivity contribution in [3.63, 3.8) is 0 Å². The van der Waals surface area contributed by atoms with Crippen LogP contribution < -0.4 is 0 Å². The van der Waals surface area contributed by atoms with E-state index in [1.165, 1.54) is 0 Å². The minimum absolute atomic E-state index is 0.163. The third kappa shape index (κ3) is 6.90. The molecule has 0 fully saturated rings. The molecule has 0 saturated carbocycles. The van der Waals surface area contributed by atoms with E-state index in [2.05, 4.69) is 36.0 Å². The molecule has 0 aliphatic heterocycles. The molecule has 0 aliphatic rings. The molecule has 0 saturated heterocycles. The molecule has 0 heterocycles. The molecule has 4 nitrogen and oxygen atoms in total. The van der Waals surface area contributed by atoms with Gasteiger partial charge in [-0.1, -0.05) is 37.3 Å². The summed E-state index contributed by atoms with van der Waals surface area (Å²) in [7, 11) is -3.99. The van der Waals surface area contributed by atoms with Crippen LogP contribution >= 0.6 is 24.1 Å². The predicted molar refractivity (Wildman–Crippen MR) is 54.5 cm³/mol. The van der Waals surface area contributed by atoms with Gasteiger partial charge < -0.3 is 0 Å². The zero-order chi connectivity index (χ0) is 10.9. The highest BCUT2D eigenvalue weighted by Gasteiger charge is 2.27. The van der Waals surface area contributed by atoms with Crippen molar-refractivity contribution in [3.8, 4) is 0 Å². The van der Waals surface area contributed by atoms with Crippen LogP contribution in [0.5, 0.6) is 0 Å². The van der Waals surface area contributed by atoms with Crippen molar-refractivity contribution in [2.45, 2.75) is 39.0 Å². The average Bonchev–Trinajstić information content (AvgIpc) is 2.23. The zero-order valence-electron chi connectivity index (χ0n) is 8.08. The zero-order valence-corrected chi connectivity index (χ0v) is 10.6. The van der Waals surface area contributed by atoms with Gasteiger partial charge in [0.05, 0.1) is 6.61 Å². The molecule has 0 rings (SSSR count). The Morgan fingerprint density at radius 1 is 1.29 bits per heavy atom. The highest BCUT2D eigenvalue weighted by molar-refractivity contribution is 9.06. The lowest BCUT2D eigenvalue weighted by Crippen LogP contribution is -1.93. The molecule has 0 bridgehead atoms. The second-order valence-electron chi connectivity index (χ2n) is 2.83. The molecule has 86 valence electrons. The molecule has 0 aliphatic carbocycles. The molecule has 1 atom stereocenters. The van der Waals surface area contributed by atoms with Crippen LogP contribution in [0.2, 0.25) is 0 Å². The second kappa shape index (κ2) is 8.80. The van der Waals surface area contributed by atoms with Crippen LogP contribution in [0, 0.1) is 0 Å². The Morgan fingerprint density at radius 2 is 1.93 bits per heavy atom. The maximum atomic E-state index is 11.6. The first kappa shape index (κ1) is 14.5. The first-order valence-electron chi connectivity index (χ1n) is 4.53. The van der Waals surface area contributed by atoms with E-state index in [4.69, 9.17) is 0 Å². The Hall–Kier alpha value is 0.520. The first-order valence-corrected chi connectivity index (χ1v) is 6.64. The molecule has 1 unspecified atom stereocenters. The minimum atomic E-state index is -3.99. The van der Waals surface area contributed by atoms with Gasteiger partial charge in [-0.25, -0.2) is 8.18 Å². The fourth-order valence-corrected chi connectivity index (χ4v) is 1.77. The maximum absolute atomic E-state index is 11.6. The van der Waals surface area contributed by atoms with E-state index in [1.54, 1.807) is 0 Å². The highest BCUT2D eigenvalue weighted by atomic mass is 79.9. The summed E-state index contributed by atoms with van der Waals surface area (Å²) in [4.78, 5) is 0. The molecule has 0 aromatic carbocycles. The standard InChI is InChI=1S/C7H15BrFO4P/c1-2-3-4-5-6-7-11-14(10,12-8)13-9/h2-7H2,1H3. The molecule has 14 heavy (non-hydrogen) atoms. The average molecular weight is 293 g/mol. The summed E-state index contributed by atoms with van der Waals surface area (Å²) in [5.41, 5.74) is 0. The van der Waals surface area contributed by atoms with E-state index in [0.29, 0.717) is 6.42 Å². The van der Waals surface area contributed by atoms with E-state index in [-0.39, 0.29) is 6.61 Å². The monoisotopic (exact) mass is 292 g/mol. The van der Waals surface area contributed by atoms with Gasteiger partial charge in [0.25, 0.3) is 0 Å². The third-order valence-electron chi connectivity index (χ3n) is 1.67. The van der Waals surface area contributed by atoms with Gasteiger partial charge in [0.1, 0.15) is 16.3 Å². The molecule has 0 aromatic rings. The SMILES string of the molecule is CCCCCCCOP(=O)(OF)OBr. The maximum Gasteiger partial charge on any atom is 0.517 e. The Labute approximate surface area is 92.1 Å². The van der Waals surface area contributed by atoms with Crippen molar-refractivity contribution in [2.75, 3.05) is 6.61 Å². The van der Waals surface area contributed by atoms with Gasteiger partial charge in [-0.2, -0.15) is 0 Å². The Kier molecular flexibility index (Phi) is 9.13. The molecule has 0 N–H and O–H groups in total. The molecule has 0 amide bonds. The molecule has 0 radical (unpaired) electrons. The van der Waals surface area contributed by atoms with Crippen LogP contribution in [-0.2, 0) is 17.4 Å². The van der Waals surface area contributed by atoms with Gasteiger partial charge in [-0.05, 0) is 10.9 Å². The summed E-state index contributed by atoms with van der Waals surface area (Å²) < 4.78 is 34.3.